The number of nitro benzene ring substituents is 1. The molecule has 2 N–H and O–H groups in total. The summed E-state index contributed by atoms with van der Waals surface area (Å²) in [6, 6.07) is 5.88. The lowest BCUT2D eigenvalue weighted by Gasteiger charge is -2.10. The highest BCUT2D eigenvalue weighted by Crippen LogP contribution is 2.16. The molecule has 1 amide bonds. The first-order valence-electron chi connectivity index (χ1n) is 5.26. The monoisotopic (exact) mass is 267 g/mol. The molecule has 0 aliphatic rings. The number of thiocarbonyl (C=S) groups is 1. The lowest BCUT2D eigenvalue weighted by molar-refractivity contribution is -0.384. The number of carbonyl (C=O) groups is 1. The van der Waals surface area contributed by atoms with Crippen LogP contribution in [0.15, 0.2) is 24.3 Å². The summed E-state index contributed by atoms with van der Waals surface area (Å²) < 4.78 is 0. The highest BCUT2D eigenvalue weighted by molar-refractivity contribution is 7.80. The molecule has 0 bridgehead atoms. The van der Waals surface area contributed by atoms with Gasteiger partial charge in [0.15, 0.2) is 5.11 Å². The quantitative estimate of drug-likeness (QED) is 0.497. The summed E-state index contributed by atoms with van der Waals surface area (Å²) in [6.07, 6.45) is 0. The summed E-state index contributed by atoms with van der Waals surface area (Å²) in [5.74, 6) is -0.396. The second-order valence-corrected chi connectivity index (χ2v) is 4.31. The molecule has 0 aliphatic carbocycles. The van der Waals surface area contributed by atoms with Crippen molar-refractivity contribution in [2.24, 2.45) is 5.92 Å². The van der Waals surface area contributed by atoms with E-state index in [-0.39, 0.29) is 22.6 Å². The first-order chi connectivity index (χ1) is 8.40. The van der Waals surface area contributed by atoms with Gasteiger partial charge in [-0.2, -0.15) is 0 Å². The van der Waals surface area contributed by atoms with Gasteiger partial charge in [0, 0.05) is 23.7 Å². The van der Waals surface area contributed by atoms with Crippen LogP contribution in [0.5, 0.6) is 0 Å². The Morgan fingerprint density at radius 1 is 1.44 bits per heavy atom. The second-order valence-electron chi connectivity index (χ2n) is 3.91. The van der Waals surface area contributed by atoms with Gasteiger partial charge in [-0.15, -0.1) is 0 Å². The molecule has 0 spiro atoms. The van der Waals surface area contributed by atoms with Gasteiger partial charge in [0.1, 0.15) is 0 Å². The number of hydrogen-bond donors (Lipinski definition) is 2. The van der Waals surface area contributed by atoms with Crippen LogP contribution in [0.1, 0.15) is 13.8 Å². The number of carbonyl (C=O) groups excluding carboxylic acids is 1. The van der Waals surface area contributed by atoms with Crippen molar-refractivity contribution in [2.45, 2.75) is 13.8 Å². The van der Waals surface area contributed by atoms with Crippen LogP contribution in [0.2, 0.25) is 0 Å². The van der Waals surface area contributed by atoms with Crippen LogP contribution in [0, 0.1) is 16.0 Å². The van der Waals surface area contributed by atoms with Crippen molar-refractivity contribution in [3.63, 3.8) is 0 Å². The zero-order valence-electron chi connectivity index (χ0n) is 9.97. The Bertz CT molecular complexity index is 488. The highest BCUT2D eigenvalue weighted by Gasteiger charge is 2.10. The molecule has 0 aromatic heterocycles. The fraction of sp³-hybridized carbons (Fsp3) is 0.273. The van der Waals surface area contributed by atoms with Crippen LogP contribution in [-0.4, -0.2) is 15.9 Å². The minimum Gasteiger partial charge on any atom is -0.332 e. The number of nitrogens with one attached hydrogen (secondary N) is 2. The molecule has 0 radical (unpaired) electrons. The Morgan fingerprint density at radius 3 is 2.67 bits per heavy atom. The number of anilines is 1. The van der Waals surface area contributed by atoms with Gasteiger partial charge in [0.25, 0.3) is 5.69 Å². The van der Waals surface area contributed by atoms with Crippen LogP contribution in [0.4, 0.5) is 11.4 Å². The van der Waals surface area contributed by atoms with E-state index >= 15 is 0 Å². The predicted molar refractivity (Wildman–Crippen MR) is 72.3 cm³/mol. The maximum atomic E-state index is 11.4. The van der Waals surface area contributed by atoms with Gasteiger partial charge in [0.05, 0.1) is 4.92 Å². The van der Waals surface area contributed by atoms with Crippen LogP contribution in [-0.2, 0) is 4.79 Å². The second kappa shape index (κ2) is 6.06. The van der Waals surface area contributed by atoms with Crippen LogP contribution >= 0.6 is 12.2 Å². The minimum atomic E-state index is -0.499. The van der Waals surface area contributed by atoms with Crippen LogP contribution in [0.25, 0.3) is 0 Å². The predicted octanol–water partition coefficient (Wildman–Crippen LogP) is 2.06. The van der Waals surface area contributed by atoms with E-state index in [0.29, 0.717) is 5.69 Å². The van der Waals surface area contributed by atoms with Gasteiger partial charge < -0.3 is 10.6 Å². The molecule has 0 heterocycles. The largest absolute Gasteiger partial charge is 0.332 e. The smallest absolute Gasteiger partial charge is 0.271 e. The number of hydrogen-bond acceptors (Lipinski definition) is 4. The molecule has 6 nitrogen and oxygen atoms in total. The molecule has 0 fully saturated rings. The van der Waals surface area contributed by atoms with Gasteiger partial charge >= 0.3 is 0 Å². The van der Waals surface area contributed by atoms with E-state index < -0.39 is 4.92 Å². The molecule has 0 saturated carbocycles. The summed E-state index contributed by atoms with van der Waals surface area (Å²) in [5, 5.41) is 15.9. The summed E-state index contributed by atoms with van der Waals surface area (Å²) in [7, 11) is 0. The molecular formula is C11H13N3O3S. The van der Waals surface area contributed by atoms with Crippen molar-refractivity contribution >= 4 is 34.6 Å². The van der Waals surface area contributed by atoms with Crippen molar-refractivity contribution in [2.75, 3.05) is 5.32 Å². The van der Waals surface area contributed by atoms with E-state index in [4.69, 9.17) is 12.2 Å². The maximum absolute atomic E-state index is 11.4. The summed E-state index contributed by atoms with van der Waals surface area (Å²) in [6.45, 7) is 3.48. The Hall–Kier alpha value is -2.02. The van der Waals surface area contributed by atoms with Gasteiger partial charge in [-0.1, -0.05) is 19.9 Å². The lowest BCUT2D eigenvalue weighted by atomic mass is 10.2. The zero-order valence-corrected chi connectivity index (χ0v) is 10.8. The van der Waals surface area contributed by atoms with E-state index in [0.717, 1.165) is 0 Å². The standard InChI is InChI=1S/C11H13N3O3S/c1-7(2)10(15)13-11(18)12-8-4-3-5-9(6-8)14(16)17/h3-7H,1-2H3,(H2,12,13,15,18). The molecule has 1 aromatic rings. The Morgan fingerprint density at radius 2 is 2.11 bits per heavy atom. The third kappa shape index (κ3) is 4.10. The maximum Gasteiger partial charge on any atom is 0.271 e. The van der Waals surface area contributed by atoms with Crippen molar-refractivity contribution in [1.29, 1.82) is 0 Å². The fourth-order valence-electron chi connectivity index (χ4n) is 1.12. The molecule has 0 unspecified atom stereocenters. The molecule has 18 heavy (non-hydrogen) atoms. The Labute approximate surface area is 110 Å². The van der Waals surface area contributed by atoms with E-state index in [2.05, 4.69) is 10.6 Å². The summed E-state index contributed by atoms with van der Waals surface area (Å²) in [5.41, 5.74) is 0.413. The van der Waals surface area contributed by atoms with E-state index in [1.807, 2.05) is 0 Å². The Kier molecular flexibility index (Phi) is 4.73. The number of nitro groups is 1. The number of non-ortho nitro benzene ring substituents is 1. The van der Waals surface area contributed by atoms with Gasteiger partial charge in [-0.25, -0.2) is 0 Å². The average molecular weight is 267 g/mol. The number of amides is 1. The van der Waals surface area contributed by atoms with Gasteiger partial charge in [-0.05, 0) is 18.3 Å². The molecule has 1 rings (SSSR count). The average Bonchev–Trinajstić information content (AvgIpc) is 2.28. The Balaban J connectivity index is 2.67. The zero-order chi connectivity index (χ0) is 13.7. The normalized spacial score (nSPS) is 9.94. The minimum absolute atomic E-state index is 0.0435. The number of benzene rings is 1. The van der Waals surface area contributed by atoms with Gasteiger partial charge in [0.2, 0.25) is 5.91 Å². The van der Waals surface area contributed by atoms with E-state index in [9.17, 15) is 14.9 Å². The number of nitrogens with zero attached hydrogens (tertiary/aromatic N) is 1. The third-order valence-corrected chi connectivity index (χ3v) is 2.28. The first kappa shape index (κ1) is 14.0. The number of rotatable bonds is 3. The molecular weight excluding hydrogens is 254 g/mol. The molecule has 0 saturated heterocycles. The van der Waals surface area contributed by atoms with Crippen molar-refractivity contribution in [3.8, 4) is 0 Å². The topological polar surface area (TPSA) is 84.3 Å². The molecule has 7 heteroatoms. The SMILES string of the molecule is CC(C)C(=O)NC(=S)Nc1cccc([N+](=O)[O-])c1. The summed E-state index contributed by atoms with van der Waals surface area (Å²) >= 11 is 4.93. The van der Waals surface area contributed by atoms with E-state index in [1.165, 1.54) is 18.2 Å². The van der Waals surface area contributed by atoms with Crippen LogP contribution in [0.3, 0.4) is 0 Å². The third-order valence-electron chi connectivity index (χ3n) is 2.08. The van der Waals surface area contributed by atoms with Gasteiger partial charge in [-0.3, -0.25) is 14.9 Å². The van der Waals surface area contributed by atoms with Crippen LogP contribution < -0.4 is 10.6 Å². The molecule has 1 aromatic carbocycles. The molecule has 0 aliphatic heterocycles. The first-order valence-corrected chi connectivity index (χ1v) is 5.67. The molecule has 96 valence electrons. The highest BCUT2D eigenvalue weighted by atomic mass is 32.1. The van der Waals surface area contributed by atoms with Crippen molar-refractivity contribution in [3.05, 3.63) is 34.4 Å². The van der Waals surface area contributed by atoms with Crippen molar-refractivity contribution < 1.29 is 9.72 Å². The molecule has 0 atom stereocenters. The van der Waals surface area contributed by atoms with E-state index in [1.54, 1.807) is 19.9 Å². The fourth-order valence-corrected chi connectivity index (χ4v) is 1.33. The van der Waals surface area contributed by atoms with Crippen molar-refractivity contribution in [1.82, 2.24) is 5.32 Å². The lowest BCUT2D eigenvalue weighted by Crippen LogP contribution is -2.36. The summed E-state index contributed by atoms with van der Waals surface area (Å²) in [4.78, 5) is 21.5.